The number of aromatic hydroxyl groups is 1. The smallest absolute Gasteiger partial charge is 0.408 e. The molecule has 250 valence electrons. The molecule has 3 heterocycles. The molecule has 9 nitrogen and oxygen atoms in total. The van der Waals surface area contributed by atoms with Gasteiger partial charge in [-0.2, -0.15) is 5.10 Å². The molecule has 3 unspecified atom stereocenters. The molecule has 3 atom stereocenters. The summed E-state index contributed by atoms with van der Waals surface area (Å²) in [6, 6.07) is 23.5. The first kappa shape index (κ1) is 33.1. The van der Waals surface area contributed by atoms with Crippen LogP contribution >= 0.6 is 0 Å². The molecule has 0 spiro atoms. The third kappa shape index (κ3) is 7.84. The van der Waals surface area contributed by atoms with Crippen molar-refractivity contribution in [3.8, 4) is 28.8 Å². The number of rotatable bonds is 8. The number of benzene rings is 3. The predicted molar refractivity (Wildman–Crippen MR) is 187 cm³/mol. The van der Waals surface area contributed by atoms with Gasteiger partial charge < -0.3 is 25.2 Å². The van der Waals surface area contributed by atoms with E-state index in [1.807, 2.05) is 95.5 Å². The van der Waals surface area contributed by atoms with Crippen molar-refractivity contribution in [2.24, 2.45) is 7.05 Å². The average Bonchev–Trinajstić information content (AvgIpc) is 3.77. The molecule has 0 aliphatic carbocycles. The average molecular weight is 648 g/mol. The highest BCUT2D eigenvalue weighted by Crippen LogP contribution is 2.41. The minimum absolute atomic E-state index is 0.0249. The Morgan fingerprint density at radius 2 is 1.85 bits per heavy atom. The molecule has 4 aromatic rings. The van der Waals surface area contributed by atoms with Crippen LogP contribution in [-0.2, 0) is 22.9 Å². The maximum atomic E-state index is 13.0. The number of phenols is 1. The summed E-state index contributed by atoms with van der Waals surface area (Å²) in [6.45, 7) is 8.99. The second-order valence-corrected chi connectivity index (χ2v) is 13.8. The van der Waals surface area contributed by atoms with E-state index in [1.54, 1.807) is 10.7 Å². The van der Waals surface area contributed by atoms with E-state index in [1.165, 1.54) is 0 Å². The number of carbonyl (C=O) groups is 1. The highest BCUT2D eigenvalue weighted by Gasteiger charge is 2.59. The number of nitrogens with zero attached hydrogens (tertiary/aromatic N) is 3. The van der Waals surface area contributed by atoms with Gasteiger partial charge in [0.2, 0.25) is 0 Å². The topological polar surface area (TPSA) is 104 Å². The van der Waals surface area contributed by atoms with E-state index in [4.69, 9.17) is 9.47 Å². The zero-order valence-corrected chi connectivity index (χ0v) is 28.4. The molecule has 48 heavy (non-hydrogen) atoms. The maximum absolute atomic E-state index is 13.0. The lowest BCUT2D eigenvalue weighted by Gasteiger charge is -2.43. The summed E-state index contributed by atoms with van der Waals surface area (Å²) in [7, 11) is 1.85. The Kier molecular flexibility index (Phi) is 9.49. The highest BCUT2D eigenvalue weighted by molar-refractivity contribution is 5.73. The normalized spacial score (nSPS) is 19.9. The monoisotopic (exact) mass is 647 g/mol. The quantitative estimate of drug-likeness (QED) is 0.147. The lowest BCUT2D eigenvalue weighted by molar-refractivity contribution is -0.00716. The second-order valence-electron chi connectivity index (χ2n) is 13.8. The molecule has 9 heteroatoms. The summed E-state index contributed by atoms with van der Waals surface area (Å²) in [5, 5.41) is 22.0. The van der Waals surface area contributed by atoms with E-state index >= 15 is 0 Å². The lowest BCUT2D eigenvalue weighted by atomic mass is 9.95. The van der Waals surface area contributed by atoms with Crippen molar-refractivity contribution in [2.45, 2.75) is 76.9 Å². The molecule has 0 bridgehead atoms. The van der Waals surface area contributed by atoms with Crippen molar-refractivity contribution >= 4 is 11.8 Å². The molecule has 1 aromatic heterocycles. The van der Waals surface area contributed by atoms with E-state index in [-0.39, 0.29) is 18.0 Å². The van der Waals surface area contributed by atoms with Gasteiger partial charge in [-0.05, 0) is 95.3 Å². The third-order valence-corrected chi connectivity index (χ3v) is 8.74. The first-order valence-electron chi connectivity index (χ1n) is 16.7. The Hall–Kier alpha value is -4.78. The van der Waals surface area contributed by atoms with Crippen LogP contribution in [0.5, 0.6) is 5.75 Å². The van der Waals surface area contributed by atoms with Crippen LogP contribution in [0.1, 0.15) is 62.3 Å². The fraction of sp³-hybridized carbons (Fsp3) is 0.385. The summed E-state index contributed by atoms with van der Waals surface area (Å²) >= 11 is 0. The fourth-order valence-electron chi connectivity index (χ4n) is 6.40. The van der Waals surface area contributed by atoms with Crippen LogP contribution in [0.3, 0.4) is 0 Å². The van der Waals surface area contributed by atoms with Crippen molar-refractivity contribution in [3.63, 3.8) is 0 Å². The van der Waals surface area contributed by atoms with Crippen LogP contribution in [0, 0.1) is 18.8 Å². The number of piperidine rings is 1. The van der Waals surface area contributed by atoms with Gasteiger partial charge in [0.05, 0.1) is 24.4 Å². The standard InChI is InChI=1S/C39H45N5O4/c1-27-14-21-33(45)32(23-27)36-30(25-43(5)42-36)18-15-28-16-19-31(20-17-28)40-35-13-9-10-22-44(35)39(26-47-39)34(24-29-11-7-6-8-12-29)41-37(46)48-38(2,3)4/h6-8,11-12,14,16-17,19-21,23,25,34-35,40,45H,9-10,13,22,24,26H2,1-5H3,(H,41,46). The molecular weight excluding hydrogens is 602 g/mol. The van der Waals surface area contributed by atoms with E-state index in [0.29, 0.717) is 24.3 Å². The van der Waals surface area contributed by atoms with E-state index in [0.717, 1.165) is 53.7 Å². The van der Waals surface area contributed by atoms with Gasteiger partial charge >= 0.3 is 6.09 Å². The van der Waals surface area contributed by atoms with Crippen molar-refractivity contribution < 1.29 is 19.4 Å². The van der Waals surface area contributed by atoms with Crippen molar-refractivity contribution in [3.05, 3.63) is 101 Å². The number of phenolic OH excluding ortho intramolecular Hbond substituents is 1. The predicted octanol–water partition coefficient (Wildman–Crippen LogP) is 6.59. The SMILES string of the molecule is Cc1ccc(O)c(-c2nn(C)cc2C#Cc2ccc(NC3CCCCN3C3(C(Cc4ccccc4)NC(=O)OC(C)(C)C)CO3)cc2)c1. The minimum Gasteiger partial charge on any atom is -0.507 e. The Bertz CT molecular complexity index is 1800. The van der Waals surface area contributed by atoms with Crippen LogP contribution in [0.15, 0.2) is 79.0 Å². The summed E-state index contributed by atoms with van der Waals surface area (Å²) in [5.41, 5.74) is 4.86. The maximum Gasteiger partial charge on any atom is 0.408 e. The van der Waals surface area contributed by atoms with Gasteiger partial charge in [-0.15, -0.1) is 0 Å². The van der Waals surface area contributed by atoms with Crippen LogP contribution in [0.4, 0.5) is 10.5 Å². The number of aromatic nitrogens is 2. The molecule has 2 aliphatic rings. The fourth-order valence-corrected chi connectivity index (χ4v) is 6.40. The molecule has 2 saturated heterocycles. The molecule has 2 aliphatic heterocycles. The number of nitrogens with one attached hydrogen (secondary N) is 2. The lowest BCUT2D eigenvalue weighted by Crippen LogP contribution is -2.61. The Balaban J connectivity index is 1.19. The molecular formula is C39H45N5O4. The van der Waals surface area contributed by atoms with Gasteiger partial charge in [-0.3, -0.25) is 9.58 Å². The number of hydrogen-bond acceptors (Lipinski definition) is 7. The Morgan fingerprint density at radius 3 is 2.56 bits per heavy atom. The number of anilines is 1. The number of epoxide rings is 1. The summed E-state index contributed by atoms with van der Waals surface area (Å²) in [6.07, 6.45) is 5.18. The zero-order chi connectivity index (χ0) is 33.9. The van der Waals surface area contributed by atoms with Crippen molar-refractivity contribution in [1.29, 1.82) is 0 Å². The molecule has 2 fully saturated rings. The van der Waals surface area contributed by atoms with Crippen LogP contribution < -0.4 is 10.6 Å². The van der Waals surface area contributed by atoms with E-state index in [2.05, 4.69) is 44.6 Å². The minimum atomic E-state index is -0.636. The molecule has 0 saturated carbocycles. The number of hydrogen-bond donors (Lipinski definition) is 3. The van der Waals surface area contributed by atoms with Gasteiger partial charge in [0, 0.05) is 36.6 Å². The molecule has 3 N–H and O–H groups in total. The third-order valence-electron chi connectivity index (χ3n) is 8.74. The van der Waals surface area contributed by atoms with Gasteiger partial charge in [-0.1, -0.05) is 53.8 Å². The van der Waals surface area contributed by atoms with Gasteiger partial charge in [0.15, 0.2) is 5.72 Å². The molecule has 1 amide bonds. The van der Waals surface area contributed by atoms with Crippen LogP contribution in [0.25, 0.3) is 11.3 Å². The second kappa shape index (κ2) is 13.8. The molecule has 6 rings (SSSR count). The van der Waals surface area contributed by atoms with Crippen molar-refractivity contribution in [1.82, 2.24) is 20.0 Å². The van der Waals surface area contributed by atoms with Crippen LogP contribution in [0.2, 0.25) is 0 Å². The first-order chi connectivity index (χ1) is 23.0. The molecule has 3 aromatic carbocycles. The molecule has 0 radical (unpaired) electrons. The highest BCUT2D eigenvalue weighted by atomic mass is 16.6. The van der Waals surface area contributed by atoms with E-state index in [9.17, 15) is 9.90 Å². The first-order valence-corrected chi connectivity index (χ1v) is 16.7. The van der Waals surface area contributed by atoms with Gasteiger partial charge in [-0.25, -0.2) is 4.79 Å². The largest absolute Gasteiger partial charge is 0.507 e. The summed E-state index contributed by atoms with van der Waals surface area (Å²) in [4.78, 5) is 15.4. The van der Waals surface area contributed by atoms with Crippen molar-refractivity contribution in [2.75, 3.05) is 18.5 Å². The summed E-state index contributed by atoms with van der Waals surface area (Å²) in [5.74, 6) is 6.71. The zero-order valence-electron chi connectivity index (χ0n) is 28.4. The number of alkyl carbamates (subject to hydrolysis) is 1. The number of carbonyl (C=O) groups excluding carboxylic acids is 1. The van der Waals surface area contributed by atoms with Gasteiger partial charge in [0.1, 0.15) is 17.0 Å². The van der Waals surface area contributed by atoms with E-state index < -0.39 is 17.4 Å². The number of ether oxygens (including phenoxy) is 2. The number of likely N-dealkylation sites (tertiary alicyclic amines) is 1. The Labute approximate surface area is 283 Å². The van der Waals surface area contributed by atoms with Crippen LogP contribution in [-0.4, -0.2) is 62.6 Å². The number of amides is 1. The number of aryl methyl sites for hydroxylation is 2. The Morgan fingerprint density at radius 1 is 1.10 bits per heavy atom. The summed E-state index contributed by atoms with van der Waals surface area (Å²) < 4.78 is 13.7. The van der Waals surface area contributed by atoms with Gasteiger partial charge in [0.25, 0.3) is 0 Å².